The molecule has 0 N–H and O–H groups in total. The highest BCUT2D eigenvalue weighted by atomic mass is 16.2. The summed E-state index contributed by atoms with van der Waals surface area (Å²) < 4.78 is 0. The summed E-state index contributed by atoms with van der Waals surface area (Å²) in [5.41, 5.74) is 8.38. The van der Waals surface area contributed by atoms with E-state index < -0.39 is 0 Å². The maximum absolute atomic E-state index is 13.7. The van der Waals surface area contributed by atoms with Gasteiger partial charge in [-0.2, -0.15) is 5.10 Å². The molecule has 36 heavy (non-hydrogen) atoms. The lowest BCUT2D eigenvalue weighted by atomic mass is 9.90. The number of hydrazone groups is 1. The zero-order chi connectivity index (χ0) is 25.1. The van der Waals surface area contributed by atoms with Crippen molar-refractivity contribution in [3.8, 4) is 0 Å². The number of hydrogen-bond acceptors (Lipinski definition) is 3. The monoisotopic (exact) mass is 479 g/mol. The van der Waals surface area contributed by atoms with E-state index in [9.17, 15) is 4.79 Å². The molecule has 0 radical (unpaired) electrons. The molecule has 2 aliphatic rings. The average Bonchev–Trinajstić information content (AvgIpc) is 3.33. The highest BCUT2D eigenvalue weighted by Crippen LogP contribution is 2.35. The molecule has 4 nitrogen and oxygen atoms in total. The molecular weight excluding hydrogens is 442 g/mol. The van der Waals surface area contributed by atoms with Gasteiger partial charge in [-0.15, -0.1) is 0 Å². The van der Waals surface area contributed by atoms with E-state index >= 15 is 0 Å². The van der Waals surface area contributed by atoms with Crippen LogP contribution in [0, 0.1) is 26.7 Å². The van der Waals surface area contributed by atoms with Crippen LogP contribution >= 0.6 is 0 Å². The van der Waals surface area contributed by atoms with Gasteiger partial charge in [0.05, 0.1) is 18.3 Å². The van der Waals surface area contributed by atoms with Crippen molar-refractivity contribution in [2.45, 2.75) is 52.5 Å². The van der Waals surface area contributed by atoms with Gasteiger partial charge in [0.2, 0.25) is 0 Å². The standard InChI is InChI=1S/C32H37N3O/c1-23-10-13-28(14-11-23)30-21-31(29-19-24(2)9-12-25(29)3)35(33-30)32(36)22-34-17-15-27(16-18-34)20-26-7-5-4-6-8-26/h4-14,19,27,31H,15-18,20-22H2,1-3H3/t31-/m0/s1. The number of likely N-dealkylation sites (tertiary alicyclic amines) is 1. The Hall–Kier alpha value is -3.24. The van der Waals surface area contributed by atoms with Crippen LogP contribution in [0.3, 0.4) is 0 Å². The predicted molar refractivity (Wildman–Crippen MR) is 147 cm³/mol. The number of carbonyl (C=O) groups is 1. The number of hydrogen-bond donors (Lipinski definition) is 0. The Balaban J connectivity index is 1.29. The molecule has 2 aliphatic heterocycles. The van der Waals surface area contributed by atoms with Crippen LogP contribution in [0.25, 0.3) is 0 Å². The first kappa shape index (κ1) is 24.5. The van der Waals surface area contributed by atoms with E-state index in [1.54, 1.807) is 5.01 Å². The molecule has 4 heteroatoms. The first-order valence-electron chi connectivity index (χ1n) is 13.3. The summed E-state index contributed by atoms with van der Waals surface area (Å²) in [7, 11) is 0. The Morgan fingerprint density at radius 1 is 0.889 bits per heavy atom. The smallest absolute Gasteiger partial charge is 0.257 e. The van der Waals surface area contributed by atoms with Gasteiger partial charge in [0.25, 0.3) is 5.91 Å². The fourth-order valence-corrected chi connectivity index (χ4v) is 5.58. The molecule has 1 fully saturated rings. The normalized spacial score (nSPS) is 18.9. The van der Waals surface area contributed by atoms with E-state index in [1.165, 1.54) is 27.8 Å². The van der Waals surface area contributed by atoms with Gasteiger partial charge in [-0.1, -0.05) is 83.9 Å². The van der Waals surface area contributed by atoms with Gasteiger partial charge in [-0.3, -0.25) is 9.69 Å². The van der Waals surface area contributed by atoms with Gasteiger partial charge in [-0.25, -0.2) is 5.01 Å². The summed E-state index contributed by atoms with van der Waals surface area (Å²) in [5, 5.41) is 6.71. The molecule has 2 heterocycles. The topological polar surface area (TPSA) is 35.9 Å². The van der Waals surface area contributed by atoms with Crippen LogP contribution in [0.15, 0.2) is 77.9 Å². The summed E-state index contributed by atoms with van der Waals surface area (Å²) in [6, 6.07) is 25.7. The molecule has 0 bridgehead atoms. The van der Waals surface area contributed by atoms with E-state index in [4.69, 9.17) is 5.10 Å². The lowest BCUT2D eigenvalue weighted by Gasteiger charge is -2.33. The minimum absolute atomic E-state index is 0.0516. The Morgan fingerprint density at radius 3 is 2.31 bits per heavy atom. The maximum Gasteiger partial charge on any atom is 0.257 e. The Kier molecular flexibility index (Phi) is 7.33. The van der Waals surface area contributed by atoms with Crippen molar-refractivity contribution < 1.29 is 4.79 Å². The van der Waals surface area contributed by atoms with Crippen molar-refractivity contribution in [2.24, 2.45) is 11.0 Å². The van der Waals surface area contributed by atoms with Crippen molar-refractivity contribution in [1.82, 2.24) is 9.91 Å². The van der Waals surface area contributed by atoms with Gasteiger partial charge in [0.15, 0.2) is 0 Å². The molecule has 0 aromatic heterocycles. The Labute approximate surface area is 215 Å². The molecule has 3 aromatic rings. The van der Waals surface area contributed by atoms with Crippen molar-refractivity contribution in [3.63, 3.8) is 0 Å². The molecule has 1 saturated heterocycles. The molecule has 0 unspecified atom stereocenters. The largest absolute Gasteiger partial charge is 0.294 e. The molecule has 186 valence electrons. The van der Waals surface area contributed by atoms with Crippen LogP contribution in [0.4, 0.5) is 0 Å². The maximum atomic E-state index is 13.7. The SMILES string of the molecule is Cc1ccc(C2=NN(C(=O)CN3CCC(Cc4ccccc4)CC3)[C@H](c3cc(C)ccc3C)C2)cc1. The number of rotatable bonds is 6. The fraction of sp³-hybridized carbons (Fsp3) is 0.375. The molecule has 0 aliphatic carbocycles. The molecule has 1 amide bonds. The van der Waals surface area contributed by atoms with Crippen LogP contribution in [-0.4, -0.2) is 41.2 Å². The second-order valence-electron chi connectivity index (χ2n) is 10.6. The third-order valence-corrected chi connectivity index (χ3v) is 7.78. The first-order chi connectivity index (χ1) is 17.5. The third kappa shape index (κ3) is 5.60. The molecule has 3 aromatic carbocycles. The predicted octanol–water partition coefficient (Wildman–Crippen LogP) is 6.24. The van der Waals surface area contributed by atoms with Crippen LogP contribution in [-0.2, 0) is 11.2 Å². The van der Waals surface area contributed by atoms with Crippen molar-refractivity contribution >= 4 is 11.6 Å². The second kappa shape index (κ2) is 10.8. The molecular formula is C32H37N3O. The van der Waals surface area contributed by atoms with E-state index in [1.807, 2.05) is 0 Å². The zero-order valence-corrected chi connectivity index (χ0v) is 21.8. The number of nitrogens with zero attached hydrogens (tertiary/aromatic N) is 3. The number of benzene rings is 3. The van der Waals surface area contributed by atoms with Crippen molar-refractivity contribution in [3.05, 3.63) is 106 Å². The highest BCUT2D eigenvalue weighted by Gasteiger charge is 2.35. The Bertz CT molecular complexity index is 1220. The van der Waals surface area contributed by atoms with Crippen LogP contribution in [0.1, 0.15) is 58.7 Å². The van der Waals surface area contributed by atoms with E-state index in [-0.39, 0.29) is 11.9 Å². The van der Waals surface area contributed by atoms with Gasteiger partial charge < -0.3 is 0 Å². The molecule has 0 spiro atoms. The lowest BCUT2D eigenvalue weighted by Crippen LogP contribution is -2.42. The minimum atomic E-state index is -0.0516. The van der Waals surface area contributed by atoms with Crippen LogP contribution in [0.2, 0.25) is 0 Å². The summed E-state index contributed by atoms with van der Waals surface area (Å²) in [6.07, 6.45) is 4.16. The van der Waals surface area contributed by atoms with Gasteiger partial charge >= 0.3 is 0 Å². The lowest BCUT2D eigenvalue weighted by molar-refractivity contribution is -0.134. The van der Waals surface area contributed by atoms with Crippen molar-refractivity contribution in [2.75, 3.05) is 19.6 Å². The van der Waals surface area contributed by atoms with Crippen molar-refractivity contribution in [1.29, 1.82) is 0 Å². The van der Waals surface area contributed by atoms with E-state index in [2.05, 4.69) is 98.5 Å². The summed E-state index contributed by atoms with van der Waals surface area (Å²) in [5.74, 6) is 0.795. The van der Waals surface area contributed by atoms with Gasteiger partial charge in [0, 0.05) is 6.42 Å². The zero-order valence-electron chi connectivity index (χ0n) is 21.8. The molecule has 0 saturated carbocycles. The highest BCUT2D eigenvalue weighted by molar-refractivity contribution is 6.03. The summed E-state index contributed by atoms with van der Waals surface area (Å²) in [4.78, 5) is 16.0. The van der Waals surface area contributed by atoms with Crippen LogP contribution in [0.5, 0.6) is 0 Å². The number of carbonyl (C=O) groups excluding carboxylic acids is 1. The number of aryl methyl sites for hydroxylation is 3. The Morgan fingerprint density at radius 2 is 1.58 bits per heavy atom. The fourth-order valence-electron chi connectivity index (χ4n) is 5.58. The van der Waals surface area contributed by atoms with E-state index in [0.717, 1.165) is 50.0 Å². The van der Waals surface area contributed by atoms with Gasteiger partial charge in [-0.05, 0) is 81.3 Å². The van der Waals surface area contributed by atoms with Crippen LogP contribution < -0.4 is 0 Å². The quantitative estimate of drug-likeness (QED) is 0.419. The average molecular weight is 480 g/mol. The first-order valence-corrected chi connectivity index (χ1v) is 13.3. The molecule has 5 rings (SSSR count). The molecule has 1 atom stereocenters. The summed E-state index contributed by atoms with van der Waals surface area (Å²) in [6.45, 7) is 8.73. The minimum Gasteiger partial charge on any atom is -0.294 e. The number of amides is 1. The third-order valence-electron chi connectivity index (χ3n) is 7.78. The number of piperidine rings is 1. The van der Waals surface area contributed by atoms with Gasteiger partial charge in [0.1, 0.15) is 0 Å². The summed E-state index contributed by atoms with van der Waals surface area (Å²) >= 11 is 0. The second-order valence-corrected chi connectivity index (χ2v) is 10.6. The van der Waals surface area contributed by atoms with E-state index in [0.29, 0.717) is 12.5 Å².